The molecule has 0 saturated carbocycles. The molecule has 0 aliphatic carbocycles. The Morgan fingerprint density at radius 2 is 1.82 bits per heavy atom. The highest BCUT2D eigenvalue weighted by atomic mass is 35.5. The van der Waals surface area contributed by atoms with Crippen molar-refractivity contribution in [2.24, 2.45) is 0 Å². The summed E-state index contributed by atoms with van der Waals surface area (Å²) in [5.41, 5.74) is 2.17. The van der Waals surface area contributed by atoms with Crippen LogP contribution in [0, 0.1) is 6.92 Å². The zero-order valence-electron chi connectivity index (χ0n) is 17.7. The summed E-state index contributed by atoms with van der Waals surface area (Å²) in [5.74, 6) is 0.455. The molecule has 5 rings (SSSR count). The Morgan fingerprint density at radius 3 is 2.58 bits per heavy atom. The molecule has 6 nitrogen and oxygen atoms in total. The van der Waals surface area contributed by atoms with E-state index < -0.39 is 5.97 Å². The zero-order chi connectivity index (χ0) is 23.1. The van der Waals surface area contributed by atoms with Crippen molar-refractivity contribution >= 4 is 40.4 Å². The Balaban J connectivity index is 1.42. The van der Waals surface area contributed by atoms with Gasteiger partial charge in [0.1, 0.15) is 11.5 Å². The first-order valence-electron chi connectivity index (χ1n) is 10.1. The second kappa shape index (κ2) is 8.15. The fourth-order valence-corrected chi connectivity index (χ4v) is 3.76. The number of carbonyl (C=O) groups is 2. The van der Waals surface area contributed by atoms with Gasteiger partial charge >= 0.3 is 5.97 Å². The number of esters is 1. The maximum absolute atomic E-state index is 12.8. The summed E-state index contributed by atoms with van der Waals surface area (Å²) >= 11 is 5.92. The molecule has 0 saturated heterocycles. The SMILES string of the molecule is COc1cccc2cc(C(=O)Oc3ccc4c(c3C)O/C(=C\c3ccc(Cl)cc3)C4=O)oc12. The quantitative estimate of drug-likeness (QED) is 0.204. The van der Waals surface area contributed by atoms with E-state index in [9.17, 15) is 9.59 Å². The van der Waals surface area contributed by atoms with E-state index in [1.54, 1.807) is 67.6 Å². The van der Waals surface area contributed by atoms with Crippen LogP contribution in [0.4, 0.5) is 0 Å². The molecule has 1 aromatic heterocycles. The highest BCUT2D eigenvalue weighted by molar-refractivity contribution is 6.30. The van der Waals surface area contributed by atoms with Crippen molar-refractivity contribution in [3.8, 4) is 17.2 Å². The molecule has 0 unspecified atom stereocenters. The number of benzene rings is 3. The lowest BCUT2D eigenvalue weighted by molar-refractivity contribution is 0.0702. The molecule has 33 heavy (non-hydrogen) atoms. The van der Waals surface area contributed by atoms with Crippen molar-refractivity contribution in [1.82, 2.24) is 0 Å². The lowest BCUT2D eigenvalue weighted by atomic mass is 10.1. The van der Waals surface area contributed by atoms with Gasteiger partial charge in [-0.1, -0.05) is 35.9 Å². The van der Waals surface area contributed by atoms with Gasteiger partial charge in [-0.2, -0.15) is 0 Å². The van der Waals surface area contributed by atoms with E-state index >= 15 is 0 Å². The number of fused-ring (bicyclic) bond motifs is 2. The smallest absolute Gasteiger partial charge is 0.379 e. The summed E-state index contributed by atoms with van der Waals surface area (Å²) in [6.45, 7) is 1.72. The topological polar surface area (TPSA) is 75.0 Å². The summed E-state index contributed by atoms with van der Waals surface area (Å²) in [4.78, 5) is 25.5. The summed E-state index contributed by atoms with van der Waals surface area (Å²) < 4.78 is 22.3. The van der Waals surface area contributed by atoms with Gasteiger partial charge in [0.2, 0.25) is 11.5 Å². The number of ether oxygens (including phenoxy) is 3. The van der Waals surface area contributed by atoms with Crippen molar-refractivity contribution in [3.63, 3.8) is 0 Å². The molecule has 0 bridgehead atoms. The zero-order valence-corrected chi connectivity index (χ0v) is 18.4. The predicted octanol–water partition coefficient (Wildman–Crippen LogP) is 6.24. The third-order valence-corrected chi connectivity index (χ3v) is 5.59. The normalized spacial score (nSPS) is 13.8. The number of furan rings is 1. The van der Waals surface area contributed by atoms with Gasteiger partial charge in [0.15, 0.2) is 17.1 Å². The largest absolute Gasteiger partial charge is 0.493 e. The summed E-state index contributed by atoms with van der Waals surface area (Å²) in [6, 6.07) is 17.2. The van der Waals surface area contributed by atoms with Crippen LogP contribution in [0.5, 0.6) is 17.2 Å². The second-order valence-corrected chi connectivity index (χ2v) is 7.87. The number of para-hydroxylation sites is 1. The summed E-state index contributed by atoms with van der Waals surface area (Å²) in [6.07, 6.45) is 1.64. The van der Waals surface area contributed by atoms with Crippen molar-refractivity contribution in [2.45, 2.75) is 6.92 Å². The van der Waals surface area contributed by atoms with E-state index in [-0.39, 0.29) is 23.1 Å². The average molecular weight is 461 g/mol. The monoisotopic (exact) mass is 460 g/mol. The molecule has 0 spiro atoms. The number of Topliss-reactive ketones (excluding diaryl/α,β-unsaturated/α-hetero) is 1. The molecule has 0 amide bonds. The van der Waals surface area contributed by atoms with E-state index in [4.69, 9.17) is 30.2 Å². The molecule has 0 fully saturated rings. The number of ketones is 1. The Hall–Kier alpha value is -4.03. The highest BCUT2D eigenvalue weighted by Gasteiger charge is 2.31. The minimum atomic E-state index is -0.669. The van der Waals surface area contributed by atoms with Gasteiger partial charge in [0.05, 0.1) is 12.7 Å². The van der Waals surface area contributed by atoms with Crippen LogP contribution in [-0.2, 0) is 0 Å². The number of methoxy groups -OCH3 is 1. The van der Waals surface area contributed by atoms with Gasteiger partial charge in [-0.3, -0.25) is 4.79 Å². The van der Waals surface area contributed by atoms with Crippen molar-refractivity contribution in [3.05, 3.63) is 93.9 Å². The Kier molecular flexibility index (Phi) is 5.15. The molecule has 7 heteroatoms. The molecular weight excluding hydrogens is 444 g/mol. The average Bonchev–Trinajstić information content (AvgIpc) is 3.39. The number of carbonyl (C=O) groups excluding carboxylic acids is 2. The van der Waals surface area contributed by atoms with Gasteiger partial charge in [0, 0.05) is 16.0 Å². The van der Waals surface area contributed by atoms with E-state index in [0.717, 1.165) is 10.9 Å². The molecule has 2 heterocycles. The Morgan fingerprint density at radius 1 is 1.03 bits per heavy atom. The number of rotatable bonds is 4. The third kappa shape index (κ3) is 3.75. The van der Waals surface area contributed by atoms with Crippen LogP contribution >= 0.6 is 11.6 Å². The van der Waals surface area contributed by atoms with Crippen LogP contribution in [0.3, 0.4) is 0 Å². The van der Waals surface area contributed by atoms with Gasteiger partial charge in [-0.25, -0.2) is 4.79 Å². The van der Waals surface area contributed by atoms with Crippen molar-refractivity contribution in [1.29, 1.82) is 0 Å². The minimum absolute atomic E-state index is 0.0368. The molecule has 4 aromatic rings. The molecule has 1 aliphatic rings. The minimum Gasteiger partial charge on any atom is -0.493 e. The van der Waals surface area contributed by atoms with Crippen LogP contribution in [-0.4, -0.2) is 18.9 Å². The van der Waals surface area contributed by atoms with Gasteiger partial charge < -0.3 is 18.6 Å². The Bertz CT molecular complexity index is 1450. The van der Waals surface area contributed by atoms with Gasteiger partial charge in [0.25, 0.3) is 0 Å². The first-order valence-corrected chi connectivity index (χ1v) is 10.4. The highest BCUT2D eigenvalue weighted by Crippen LogP contribution is 2.39. The van der Waals surface area contributed by atoms with E-state index in [1.165, 1.54) is 7.11 Å². The van der Waals surface area contributed by atoms with E-state index in [0.29, 0.717) is 33.2 Å². The van der Waals surface area contributed by atoms with Gasteiger partial charge in [-0.15, -0.1) is 0 Å². The molecule has 0 atom stereocenters. The van der Waals surface area contributed by atoms with Crippen LogP contribution in [0.15, 0.2) is 70.8 Å². The fourth-order valence-electron chi connectivity index (χ4n) is 3.64. The van der Waals surface area contributed by atoms with Crippen LogP contribution in [0.2, 0.25) is 5.02 Å². The third-order valence-electron chi connectivity index (χ3n) is 5.34. The van der Waals surface area contributed by atoms with E-state index in [1.807, 2.05) is 6.07 Å². The number of allylic oxidation sites excluding steroid dienone is 1. The van der Waals surface area contributed by atoms with Crippen LogP contribution < -0.4 is 14.2 Å². The maximum atomic E-state index is 12.8. The Labute approximate surface area is 193 Å². The number of hydrogen-bond acceptors (Lipinski definition) is 6. The lowest BCUT2D eigenvalue weighted by Crippen LogP contribution is -2.08. The predicted molar refractivity (Wildman–Crippen MR) is 123 cm³/mol. The van der Waals surface area contributed by atoms with Crippen LogP contribution in [0.1, 0.15) is 32.0 Å². The summed E-state index contributed by atoms with van der Waals surface area (Å²) in [5, 5.41) is 1.32. The number of halogens is 1. The maximum Gasteiger partial charge on any atom is 0.379 e. The molecule has 0 radical (unpaired) electrons. The molecule has 1 aliphatic heterocycles. The lowest BCUT2D eigenvalue weighted by Gasteiger charge is -2.09. The molecule has 3 aromatic carbocycles. The molecule has 164 valence electrons. The second-order valence-electron chi connectivity index (χ2n) is 7.44. The first kappa shape index (κ1) is 20.8. The standard InChI is InChI=1S/C26H17ClO6/c1-14-19(33-26(29)22-13-16-4-3-5-20(30-2)25(16)32-22)11-10-18-23(28)21(31-24(14)18)12-15-6-8-17(27)9-7-15/h3-13H,1-2H3/b21-12-. The summed E-state index contributed by atoms with van der Waals surface area (Å²) in [7, 11) is 1.53. The molecular formula is C26H17ClO6. The number of hydrogen-bond donors (Lipinski definition) is 0. The first-order chi connectivity index (χ1) is 15.9. The van der Waals surface area contributed by atoms with Crippen LogP contribution in [0.25, 0.3) is 17.0 Å². The van der Waals surface area contributed by atoms with Crippen molar-refractivity contribution < 1.29 is 28.2 Å². The molecule has 0 N–H and O–H groups in total. The van der Waals surface area contributed by atoms with Crippen molar-refractivity contribution in [2.75, 3.05) is 7.11 Å². The van der Waals surface area contributed by atoms with E-state index in [2.05, 4.69) is 0 Å². The van der Waals surface area contributed by atoms with Gasteiger partial charge in [-0.05, 0) is 55.0 Å². The fraction of sp³-hybridized carbons (Fsp3) is 0.0769.